The van der Waals surface area contributed by atoms with Crippen LogP contribution in [0.15, 0.2) is 54.6 Å². The number of nitrogens with one attached hydrogen (secondary N) is 2. The van der Waals surface area contributed by atoms with Gasteiger partial charge in [-0.2, -0.15) is 0 Å². The molecule has 3 atom stereocenters. The van der Waals surface area contributed by atoms with E-state index in [9.17, 15) is 9.59 Å². The molecule has 1 aliphatic rings. The molecule has 0 spiro atoms. The maximum absolute atomic E-state index is 12.9. The number of rotatable bonds is 8. The predicted octanol–water partition coefficient (Wildman–Crippen LogP) is 2.92. The summed E-state index contributed by atoms with van der Waals surface area (Å²) >= 11 is 0. The second kappa shape index (κ2) is 9.96. The third-order valence-electron chi connectivity index (χ3n) is 5.22. The van der Waals surface area contributed by atoms with Crippen molar-refractivity contribution in [1.82, 2.24) is 10.6 Å². The Morgan fingerprint density at radius 1 is 1.03 bits per heavy atom. The van der Waals surface area contributed by atoms with E-state index in [0.29, 0.717) is 19.6 Å². The number of amides is 2. The Hall–Kier alpha value is -3.02. The molecule has 0 radical (unpaired) electrons. The van der Waals surface area contributed by atoms with Crippen LogP contribution in [0.3, 0.4) is 0 Å². The minimum absolute atomic E-state index is 0.0474. The first kappa shape index (κ1) is 20.7. The average molecular weight is 396 g/mol. The molecule has 0 heterocycles. The van der Waals surface area contributed by atoms with Crippen LogP contribution in [0.2, 0.25) is 0 Å². The molecular formula is C23H28N2O4. The first-order valence-electron chi connectivity index (χ1n) is 9.90. The zero-order valence-corrected chi connectivity index (χ0v) is 16.9. The minimum Gasteiger partial charge on any atom is -0.497 e. The summed E-state index contributed by atoms with van der Waals surface area (Å²) in [5.74, 6) is 1.34. The van der Waals surface area contributed by atoms with E-state index in [2.05, 4.69) is 10.6 Å². The lowest BCUT2D eigenvalue weighted by Crippen LogP contribution is -2.43. The highest BCUT2D eigenvalue weighted by molar-refractivity contribution is 5.81. The Kier molecular flexibility index (Phi) is 7.11. The van der Waals surface area contributed by atoms with Gasteiger partial charge in [-0.25, -0.2) is 0 Å². The first-order chi connectivity index (χ1) is 14.0. The van der Waals surface area contributed by atoms with Gasteiger partial charge in [0, 0.05) is 19.5 Å². The fourth-order valence-corrected chi connectivity index (χ4v) is 3.82. The summed E-state index contributed by atoms with van der Waals surface area (Å²) in [4.78, 5) is 24.5. The molecule has 0 aromatic heterocycles. The fraction of sp³-hybridized carbons (Fsp3) is 0.391. The molecule has 0 saturated heterocycles. The van der Waals surface area contributed by atoms with Crippen LogP contribution in [0.1, 0.15) is 25.3 Å². The van der Waals surface area contributed by atoms with Gasteiger partial charge in [0.05, 0.1) is 19.6 Å². The second-order valence-corrected chi connectivity index (χ2v) is 7.44. The van der Waals surface area contributed by atoms with Crippen molar-refractivity contribution in [3.05, 3.63) is 60.2 Å². The summed E-state index contributed by atoms with van der Waals surface area (Å²) < 4.78 is 11.1. The van der Waals surface area contributed by atoms with Crippen LogP contribution < -0.4 is 20.1 Å². The van der Waals surface area contributed by atoms with Crippen molar-refractivity contribution in [2.45, 2.75) is 32.4 Å². The van der Waals surface area contributed by atoms with Crippen molar-refractivity contribution in [3.8, 4) is 11.5 Å². The molecule has 29 heavy (non-hydrogen) atoms. The number of para-hydroxylation sites is 1. The number of hydrogen-bond donors (Lipinski definition) is 2. The van der Waals surface area contributed by atoms with Gasteiger partial charge >= 0.3 is 0 Å². The Morgan fingerprint density at radius 3 is 2.52 bits per heavy atom. The lowest BCUT2D eigenvalue weighted by molar-refractivity contribution is -0.126. The summed E-state index contributed by atoms with van der Waals surface area (Å²) in [6, 6.07) is 17.1. The van der Waals surface area contributed by atoms with Crippen LogP contribution in [-0.2, 0) is 16.1 Å². The van der Waals surface area contributed by atoms with E-state index in [-0.39, 0.29) is 29.7 Å². The number of benzene rings is 2. The van der Waals surface area contributed by atoms with Crippen LogP contribution in [0.5, 0.6) is 11.5 Å². The van der Waals surface area contributed by atoms with Gasteiger partial charge < -0.3 is 20.1 Å². The Balaban J connectivity index is 1.58. The molecule has 2 aromatic carbocycles. The quantitative estimate of drug-likeness (QED) is 0.719. The van der Waals surface area contributed by atoms with E-state index < -0.39 is 0 Å². The van der Waals surface area contributed by atoms with Crippen molar-refractivity contribution in [2.75, 3.05) is 13.7 Å². The maximum atomic E-state index is 12.9. The molecule has 1 saturated carbocycles. The van der Waals surface area contributed by atoms with Gasteiger partial charge in [0.1, 0.15) is 11.5 Å². The molecule has 1 fully saturated rings. The highest BCUT2D eigenvalue weighted by Gasteiger charge is 2.39. The summed E-state index contributed by atoms with van der Waals surface area (Å²) in [5.41, 5.74) is 0.968. The third-order valence-corrected chi connectivity index (χ3v) is 5.22. The normalized spacial score (nSPS) is 20.7. The van der Waals surface area contributed by atoms with Gasteiger partial charge in [0.25, 0.3) is 0 Å². The standard InChI is InChI=1S/C23H28N2O4/c1-16(26)25-22-13-18(15-29-19-8-4-3-5-9-19)12-21(22)23(27)24-14-17-7-6-10-20(11-17)28-2/h3-11,18,21-22H,12-15H2,1-2H3,(H,24,27)(H,25,26)/t18-,21-,22-/m1/s1. The van der Waals surface area contributed by atoms with Gasteiger partial charge in [-0.3, -0.25) is 9.59 Å². The molecule has 6 heteroatoms. The molecule has 0 unspecified atom stereocenters. The van der Waals surface area contributed by atoms with Crippen LogP contribution in [0.4, 0.5) is 0 Å². The molecule has 1 aliphatic carbocycles. The Morgan fingerprint density at radius 2 is 1.79 bits per heavy atom. The fourth-order valence-electron chi connectivity index (χ4n) is 3.82. The number of methoxy groups -OCH3 is 1. The Labute approximate surface area is 171 Å². The molecule has 0 aliphatic heterocycles. The highest BCUT2D eigenvalue weighted by atomic mass is 16.5. The molecule has 154 valence electrons. The molecule has 2 aromatic rings. The van der Waals surface area contributed by atoms with Crippen LogP contribution >= 0.6 is 0 Å². The van der Waals surface area contributed by atoms with Crippen molar-refractivity contribution in [3.63, 3.8) is 0 Å². The largest absolute Gasteiger partial charge is 0.497 e. The zero-order chi connectivity index (χ0) is 20.6. The van der Waals surface area contributed by atoms with E-state index in [4.69, 9.17) is 9.47 Å². The van der Waals surface area contributed by atoms with Gasteiger partial charge in [0.15, 0.2) is 0 Å². The number of carbonyl (C=O) groups excluding carboxylic acids is 2. The molecule has 2 N–H and O–H groups in total. The van der Waals surface area contributed by atoms with Crippen molar-refractivity contribution in [1.29, 1.82) is 0 Å². The van der Waals surface area contributed by atoms with Gasteiger partial charge in [-0.05, 0) is 48.6 Å². The topological polar surface area (TPSA) is 76.7 Å². The average Bonchev–Trinajstić information content (AvgIpc) is 3.13. The monoisotopic (exact) mass is 396 g/mol. The van der Waals surface area contributed by atoms with Crippen LogP contribution in [-0.4, -0.2) is 31.6 Å². The molecule has 0 bridgehead atoms. The second-order valence-electron chi connectivity index (χ2n) is 7.44. The lowest BCUT2D eigenvalue weighted by Gasteiger charge is -2.19. The van der Waals surface area contributed by atoms with Gasteiger partial charge in [0.2, 0.25) is 11.8 Å². The summed E-state index contributed by atoms with van der Waals surface area (Å²) in [6.07, 6.45) is 1.41. The summed E-state index contributed by atoms with van der Waals surface area (Å²) in [7, 11) is 1.62. The van der Waals surface area contributed by atoms with E-state index in [1.165, 1.54) is 6.92 Å². The molecule has 2 amide bonds. The SMILES string of the molecule is COc1cccc(CNC(=O)[C@@H]2C[C@@H](COc3ccccc3)C[C@H]2NC(C)=O)c1. The predicted molar refractivity (Wildman–Crippen MR) is 111 cm³/mol. The van der Waals surface area contributed by atoms with Crippen molar-refractivity contribution >= 4 is 11.8 Å². The van der Waals surface area contributed by atoms with E-state index >= 15 is 0 Å². The highest BCUT2D eigenvalue weighted by Crippen LogP contribution is 2.32. The summed E-state index contributed by atoms with van der Waals surface area (Å²) in [5, 5.41) is 5.95. The van der Waals surface area contributed by atoms with Crippen LogP contribution in [0, 0.1) is 11.8 Å². The van der Waals surface area contributed by atoms with E-state index in [0.717, 1.165) is 23.5 Å². The number of ether oxygens (including phenoxy) is 2. The molecular weight excluding hydrogens is 368 g/mol. The first-order valence-corrected chi connectivity index (χ1v) is 9.90. The van der Waals surface area contributed by atoms with Crippen LogP contribution in [0.25, 0.3) is 0 Å². The number of carbonyl (C=O) groups is 2. The van der Waals surface area contributed by atoms with Gasteiger partial charge in [-0.15, -0.1) is 0 Å². The van der Waals surface area contributed by atoms with Crippen molar-refractivity contribution in [2.24, 2.45) is 11.8 Å². The van der Waals surface area contributed by atoms with Crippen molar-refractivity contribution < 1.29 is 19.1 Å². The lowest BCUT2D eigenvalue weighted by atomic mass is 10.0. The van der Waals surface area contributed by atoms with E-state index in [1.54, 1.807) is 7.11 Å². The molecule has 3 rings (SSSR count). The number of hydrogen-bond acceptors (Lipinski definition) is 4. The Bertz CT molecular complexity index is 825. The zero-order valence-electron chi connectivity index (χ0n) is 16.9. The smallest absolute Gasteiger partial charge is 0.225 e. The third kappa shape index (κ3) is 5.98. The van der Waals surface area contributed by atoms with E-state index in [1.807, 2.05) is 54.6 Å². The maximum Gasteiger partial charge on any atom is 0.225 e. The molecule has 6 nitrogen and oxygen atoms in total. The minimum atomic E-state index is -0.270. The van der Waals surface area contributed by atoms with Gasteiger partial charge in [-0.1, -0.05) is 30.3 Å². The summed E-state index contributed by atoms with van der Waals surface area (Å²) in [6.45, 7) is 2.43.